The average molecular weight is 291 g/mol. The van der Waals surface area contributed by atoms with E-state index in [1.807, 2.05) is 61.7 Å². The summed E-state index contributed by atoms with van der Waals surface area (Å²) in [6, 6.07) is 15.2. The smallest absolute Gasteiger partial charge is 0.308 e. The number of carbonyl (C=O) groups excluding carboxylic acids is 1. The fourth-order valence-electron chi connectivity index (χ4n) is 2.31. The van der Waals surface area contributed by atoms with Crippen LogP contribution in [0.25, 0.3) is 5.57 Å². The second kappa shape index (κ2) is 6.26. The summed E-state index contributed by atoms with van der Waals surface area (Å²) >= 11 is 0. The van der Waals surface area contributed by atoms with E-state index in [0.717, 1.165) is 34.6 Å². The highest BCUT2D eigenvalue weighted by Crippen LogP contribution is 2.18. The number of allylic oxidation sites excluding steroid dienone is 1. The molecule has 2 aromatic rings. The van der Waals surface area contributed by atoms with Gasteiger partial charge in [0.2, 0.25) is 0 Å². The van der Waals surface area contributed by atoms with E-state index in [9.17, 15) is 4.79 Å². The van der Waals surface area contributed by atoms with Crippen molar-refractivity contribution in [3.8, 4) is 0 Å². The molecule has 110 valence electrons. The molecule has 1 aliphatic heterocycles. The summed E-state index contributed by atoms with van der Waals surface area (Å²) in [6.45, 7) is 2.73. The zero-order valence-electron chi connectivity index (χ0n) is 12.3. The van der Waals surface area contributed by atoms with Crippen molar-refractivity contribution < 1.29 is 4.79 Å². The topological polar surface area (TPSA) is 53.5 Å². The van der Waals surface area contributed by atoms with Crippen LogP contribution in [0, 0.1) is 6.92 Å². The van der Waals surface area contributed by atoms with Crippen LogP contribution >= 0.6 is 0 Å². The maximum Gasteiger partial charge on any atom is 0.323 e. The largest absolute Gasteiger partial charge is 0.323 e. The molecule has 1 heterocycles. The number of carbonyl (C=O) groups is 1. The molecule has 0 spiro atoms. The summed E-state index contributed by atoms with van der Waals surface area (Å²) in [5.74, 6) is 0. The van der Waals surface area contributed by atoms with Crippen molar-refractivity contribution in [1.82, 2.24) is 0 Å². The molecule has 0 atom stereocenters. The van der Waals surface area contributed by atoms with E-state index >= 15 is 0 Å². The Balaban J connectivity index is 1.63. The van der Waals surface area contributed by atoms with Crippen LogP contribution in [-0.4, -0.2) is 18.8 Å². The van der Waals surface area contributed by atoms with E-state index in [0.29, 0.717) is 0 Å². The minimum absolute atomic E-state index is 0.250. The molecule has 0 aliphatic carbocycles. The van der Waals surface area contributed by atoms with Crippen molar-refractivity contribution in [3.05, 3.63) is 65.7 Å². The highest BCUT2D eigenvalue weighted by molar-refractivity contribution is 6.11. The molecule has 4 heteroatoms. The van der Waals surface area contributed by atoms with E-state index in [1.165, 1.54) is 0 Å². The molecule has 4 nitrogen and oxygen atoms in total. The van der Waals surface area contributed by atoms with E-state index in [2.05, 4.69) is 21.7 Å². The number of benzene rings is 2. The number of hydrogen-bond acceptors (Lipinski definition) is 2. The van der Waals surface area contributed by atoms with E-state index in [4.69, 9.17) is 0 Å². The molecule has 22 heavy (non-hydrogen) atoms. The minimum atomic E-state index is -0.250. The fraction of sp³-hybridized carbons (Fsp3) is 0.111. The third-order valence-corrected chi connectivity index (χ3v) is 3.40. The lowest BCUT2D eigenvalue weighted by atomic mass is 10.1. The maximum absolute atomic E-state index is 12.0. The molecule has 0 radical (unpaired) electrons. The zero-order chi connectivity index (χ0) is 15.4. The predicted octanol–water partition coefficient (Wildman–Crippen LogP) is 4.11. The molecule has 2 N–H and O–H groups in total. The van der Waals surface area contributed by atoms with Gasteiger partial charge in [-0.25, -0.2) is 4.79 Å². The lowest BCUT2D eigenvalue weighted by Gasteiger charge is -2.09. The highest BCUT2D eigenvalue weighted by Gasteiger charge is 2.05. The van der Waals surface area contributed by atoms with Crippen molar-refractivity contribution in [2.75, 3.05) is 17.2 Å². The summed E-state index contributed by atoms with van der Waals surface area (Å²) in [6.07, 6.45) is 3.94. The van der Waals surface area contributed by atoms with Gasteiger partial charge < -0.3 is 10.6 Å². The van der Waals surface area contributed by atoms with Gasteiger partial charge in [0.1, 0.15) is 0 Å². The molecule has 1 aliphatic rings. The molecule has 3 rings (SSSR count). The van der Waals surface area contributed by atoms with Crippen LogP contribution in [0.3, 0.4) is 0 Å². The lowest BCUT2D eigenvalue weighted by Crippen LogP contribution is -2.19. The Hall–Kier alpha value is -2.88. The first-order valence-electron chi connectivity index (χ1n) is 7.16. The number of urea groups is 1. The van der Waals surface area contributed by atoms with Crippen LogP contribution in [0.4, 0.5) is 16.2 Å². The van der Waals surface area contributed by atoms with Gasteiger partial charge in [-0.3, -0.25) is 4.99 Å². The third-order valence-electron chi connectivity index (χ3n) is 3.40. The Morgan fingerprint density at radius 2 is 1.82 bits per heavy atom. The van der Waals surface area contributed by atoms with E-state index < -0.39 is 0 Å². The lowest BCUT2D eigenvalue weighted by molar-refractivity contribution is 0.262. The monoisotopic (exact) mass is 291 g/mol. The molecule has 2 aromatic carbocycles. The van der Waals surface area contributed by atoms with Gasteiger partial charge in [0, 0.05) is 17.6 Å². The Kier molecular flexibility index (Phi) is 4.01. The van der Waals surface area contributed by atoms with E-state index in [-0.39, 0.29) is 6.03 Å². The van der Waals surface area contributed by atoms with Crippen LogP contribution in [0.2, 0.25) is 0 Å². The zero-order valence-corrected chi connectivity index (χ0v) is 12.3. The Labute approximate surface area is 129 Å². The molecule has 0 fully saturated rings. The van der Waals surface area contributed by atoms with Gasteiger partial charge in [0.25, 0.3) is 0 Å². The Morgan fingerprint density at radius 3 is 2.50 bits per heavy atom. The number of rotatable bonds is 3. The first-order valence-corrected chi connectivity index (χ1v) is 7.16. The van der Waals surface area contributed by atoms with Crippen molar-refractivity contribution in [2.45, 2.75) is 6.92 Å². The highest BCUT2D eigenvalue weighted by atomic mass is 16.2. The van der Waals surface area contributed by atoms with Crippen LogP contribution < -0.4 is 10.6 Å². The first kappa shape index (κ1) is 14.1. The van der Waals surface area contributed by atoms with Gasteiger partial charge in [-0.1, -0.05) is 30.3 Å². The van der Waals surface area contributed by atoms with Gasteiger partial charge in [-0.05, 0) is 47.9 Å². The quantitative estimate of drug-likeness (QED) is 0.878. The molecule has 0 saturated carbocycles. The second-order valence-electron chi connectivity index (χ2n) is 5.18. The van der Waals surface area contributed by atoms with Gasteiger partial charge in [-0.15, -0.1) is 0 Å². The SMILES string of the molecule is Cc1cccc(NC(=O)Nc2ccc(C3=CCN=C3)cc2)c1. The van der Waals surface area contributed by atoms with Crippen LogP contribution in [0.1, 0.15) is 11.1 Å². The van der Waals surface area contributed by atoms with E-state index in [1.54, 1.807) is 0 Å². The fourth-order valence-corrected chi connectivity index (χ4v) is 2.31. The number of aryl methyl sites for hydroxylation is 1. The molecule has 2 amide bonds. The summed E-state index contributed by atoms with van der Waals surface area (Å²) in [4.78, 5) is 16.1. The molecular formula is C18H17N3O. The second-order valence-corrected chi connectivity index (χ2v) is 5.18. The van der Waals surface area contributed by atoms with Gasteiger partial charge in [0.05, 0.1) is 6.54 Å². The summed E-state index contributed by atoms with van der Waals surface area (Å²) in [7, 11) is 0. The van der Waals surface area contributed by atoms with Crippen LogP contribution in [0.15, 0.2) is 59.6 Å². The standard InChI is InChI=1S/C18H17N3O/c1-13-3-2-4-17(11-13)21-18(22)20-16-7-5-14(6-8-16)15-9-10-19-12-15/h2-9,11-12H,10H2,1H3,(H2,20,21,22). The van der Waals surface area contributed by atoms with Crippen molar-refractivity contribution in [3.63, 3.8) is 0 Å². The third kappa shape index (κ3) is 3.41. The van der Waals surface area contributed by atoms with Crippen molar-refractivity contribution in [2.24, 2.45) is 4.99 Å². The van der Waals surface area contributed by atoms with Crippen LogP contribution in [0.5, 0.6) is 0 Å². The predicted molar refractivity (Wildman–Crippen MR) is 91.6 cm³/mol. The van der Waals surface area contributed by atoms with Crippen molar-refractivity contribution in [1.29, 1.82) is 0 Å². The maximum atomic E-state index is 12.0. The summed E-state index contributed by atoms with van der Waals surface area (Å²) < 4.78 is 0. The van der Waals surface area contributed by atoms with Crippen molar-refractivity contribution >= 4 is 29.2 Å². The number of amides is 2. The number of hydrogen-bond donors (Lipinski definition) is 2. The van der Waals surface area contributed by atoms with Gasteiger partial charge in [0.15, 0.2) is 0 Å². The number of nitrogens with one attached hydrogen (secondary N) is 2. The van der Waals surface area contributed by atoms with Crippen LogP contribution in [-0.2, 0) is 0 Å². The molecule has 0 saturated heterocycles. The normalized spacial score (nSPS) is 12.9. The molecular weight excluding hydrogens is 274 g/mol. The first-order chi connectivity index (χ1) is 10.7. The number of anilines is 2. The Bertz CT molecular complexity index is 745. The summed E-state index contributed by atoms with van der Waals surface area (Å²) in [5.41, 5.74) is 4.86. The minimum Gasteiger partial charge on any atom is -0.308 e. The van der Waals surface area contributed by atoms with Gasteiger partial charge in [-0.2, -0.15) is 0 Å². The number of aliphatic imine (C=N–C) groups is 1. The molecule has 0 bridgehead atoms. The summed E-state index contributed by atoms with van der Waals surface area (Å²) in [5, 5.41) is 5.64. The molecule has 0 aromatic heterocycles. The number of nitrogens with zero attached hydrogens (tertiary/aromatic N) is 1. The Morgan fingerprint density at radius 1 is 1.05 bits per heavy atom. The van der Waals surface area contributed by atoms with Gasteiger partial charge >= 0.3 is 6.03 Å². The average Bonchev–Trinajstić information content (AvgIpc) is 3.02. The molecule has 0 unspecified atom stereocenters.